The fourth-order valence-electron chi connectivity index (χ4n) is 3.24. The fourth-order valence-corrected chi connectivity index (χ4v) is 3.24. The van der Waals surface area contributed by atoms with E-state index in [4.69, 9.17) is 9.25 Å². The topological polar surface area (TPSA) is 55.0 Å². The molecule has 0 saturated carbocycles. The van der Waals surface area contributed by atoms with Gasteiger partial charge in [0.25, 0.3) is 5.91 Å². The highest BCUT2D eigenvalue weighted by molar-refractivity contribution is 6.01. The predicted molar refractivity (Wildman–Crippen MR) is 102 cm³/mol. The first-order valence-electron chi connectivity index (χ1n) is 9.14. The first-order chi connectivity index (χ1) is 14.1. The third kappa shape index (κ3) is 4.51. The van der Waals surface area contributed by atoms with Crippen molar-refractivity contribution in [2.24, 2.45) is 5.16 Å². The Morgan fingerprint density at radius 2 is 1.86 bits per heavy atom. The van der Waals surface area contributed by atoms with Crippen LogP contribution in [0.5, 0.6) is 0 Å². The van der Waals surface area contributed by atoms with Crippen molar-refractivity contribution in [2.45, 2.75) is 19.1 Å². The van der Waals surface area contributed by atoms with Crippen LogP contribution in [0.2, 0.25) is 0 Å². The zero-order valence-electron chi connectivity index (χ0n) is 15.4. The lowest BCUT2D eigenvalue weighted by Gasteiger charge is -2.24. The van der Waals surface area contributed by atoms with Crippen LogP contribution in [0.4, 0.5) is 8.78 Å². The molecule has 2 heterocycles. The van der Waals surface area contributed by atoms with Crippen molar-refractivity contribution in [3.63, 3.8) is 0 Å². The number of hydrogen-bond donors (Lipinski definition) is 0. The molecule has 5 nitrogen and oxygen atoms in total. The molecule has 1 aliphatic heterocycles. The summed E-state index contributed by atoms with van der Waals surface area (Å²) in [6.45, 7) is 0.408. The van der Waals surface area contributed by atoms with E-state index in [0.717, 1.165) is 0 Å². The predicted octanol–water partition coefficient (Wildman–Crippen LogP) is 4.39. The molecule has 1 atom stereocenters. The Labute approximate surface area is 166 Å². The summed E-state index contributed by atoms with van der Waals surface area (Å²) in [6, 6.07) is 15.4. The number of oxime groups is 1. The zero-order valence-corrected chi connectivity index (χ0v) is 15.4. The van der Waals surface area contributed by atoms with Crippen molar-refractivity contribution in [1.82, 2.24) is 4.90 Å². The van der Waals surface area contributed by atoms with Crippen LogP contribution in [0, 0.1) is 11.6 Å². The van der Waals surface area contributed by atoms with Crippen molar-refractivity contribution in [2.75, 3.05) is 6.54 Å². The minimum Gasteiger partial charge on any atom is -0.459 e. The van der Waals surface area contributed by atoms with Gasteiger partial charge in [-0.3, -0.25) is 4.79 Å². The van der Waals surface area contributed by atoms with Gasteiger partial charge in [0, 0.05) is 18.5 Å². The molecule has 1 aromatic heterocycles. The van der Waals surface area contributed by atoms with E-state index < -0.39 is 6.10 Å². The maximum Gasteiger partial charge on any atom is 0.289 e. The Kier molecular flexibility index (Phi) is 5.37. The number of carbonyl (C=O) groups is 1. The number of benzene rings is 2. The number of carbonyl (C=O) groups excluding carboxylic acids is 1. The summed E-state index contributed by atoms with van der Waals surface area (Å²) in [4.78, 5) is 19.9. The molecule has 29 heavy (non-hydrogen) atoms. The Hall–Kier alpha value is -3.48. The van der Waals surface area contributed by atoms with Crippen molar-refractivity contribution in [3.05, 3.63) is 95.4 Å². The molecule has 7 heteroatoms. The lowest BCUT2D eigenvalue weighted by Crippen LogP contribution is -2.37. The van der Waals surface area contributed by atoms with Gasteiger partial charge in [0.05, 0.1) is 18.5 Å². The van der Waals surface area contributed by atoms with E-state index in [9.17, 15) is 13.6 Å². The molecule has 0 saturated heterocycles. The SMILES string of the molecule is O=C(c1ccco1)N(Cc1cccc(F)c1)C[C@H]1CC(c2cccc(F)c2)=NO1. The second-order valence-corrected chi connectivity index (χ2v) is 6.77. The zero-order chi connectivity index (χ0) is 20.2. The van der Waals surface area contributed by atoms with Gasteiger partial charge in [-0.1, -0.05) is 29.4 Å². The van der Waals surface area contributed by atoms with Gasteiger partial charge < -0.3 is 14.2 Å². The average molecular weight is 396 g/mol. The van der Waals surface area contributed by atoms with Crippen LogP contribution in [0.3, 0.4) is 0 Å². The number of nitrogens with zero attached hydrogens (tertiary/aromatic N) is 2. The summed E-state index contributed by atoms with van der Waals surface area (Å²) >= 11 is 0. The number of hydrogen-bond acceptors (Lipinski definition) is 4. The summed E-state index contributed by atoms with van der Waals surface area (Å²) in [7, 11) is 0. The molecule has 0 aliphatic carbocycles. The normalized spacial score (nSPS) is 15.7. The Bertz CT molecular complexity index is 1030. The summed E-state index contributed by atoms with van der Waals surface area (Å²) in [5.41, 5.74) is 1.90. The second kappa shape index (κ2) is 8.26. The molecule has 1 aliphatic rings. The molecular formula is C22H18F2N2O3. The van der Waals surface area contributed by atoms with Crippen molar-refractivity contribution < 1.29 is 22.8 Å². The first kappa shape index (κ1) is 18.9. The average Bonchev–Trinajstić information content (AvgIpc) is 3.39. The van der Waals surface area contributed by atoms with Gasteiger partial charge in [-0.05, 0) is 42.0 Å². The molecule has 3 aromatic rings. The van der Waals surface area contributed by atoms with Crippen LogP contribution in [0.25, 0.3) is 0 Å². The van der Waals surface area contributed by atoms with E-state index in [-0.39, 0.29) is 36.4 Å². The third-order valence-corrected chi connectivity index (χ3v) is 4.60. The minimum absolute atomic E-state index is 0.186. The van der Waals surface area contributed by atoms with Gasteiger partial charge in [0.1, 0.15) is 11.6 Å². The molecule has 0 spiro atoms. The smallest absolute Gasteiger partial charge is 0.289 e. The molecule has 0 unspecified atom stereocenters. The van der Waals surface area contributed by atoms with Gasteiger partial charge in [-0.2, -0.15) is 0 Å². The van der Waals surface area contributed by atoms with E-state index in [1.165, 1.54) is 35.4 Å². The maximum atomic E-state index is 13.6. The molecule has 4 rings (SSSR count). The van der Waals surface area contributed by atoms with Crippen LogP contribution in [0.15, 0.2) is 76.5 Å². The highest BCUT2D eigenvalue weighted by Gasteiger charge is 2.28. The van der Waals surface area contributed by atoms with E-state index in [1.54, 1.807) is 36.4 Å². The second-order valence-electron chi connectivity index (χ2n) is 6.77. The summed E-state index contributed by atoms with van der Waals surface area (Å²) in [5.74, 6) is -0.871. The molecule has 0 bridgehead atoms. The molecular weight excluding hydrogens is 378 g/mol. The monoisotopic (exact) mass is 396 g/mol. The minimum atomic E-state index is -0.402. The molecule has 0 radical (unpaired) electrons. The van der Waals surface area contributed by atoms with Crippen molar-refractivity contribution >= 4 is 11.6 Å². The largest absolute Gasteiger partial charge is 0.459 e. The van der Waals surface area contributed by atoms with Crippen LogP contribution in [-0.2, 0) is 11.4 Å². The molecule has 0 N–H and O–H groups in total. The first-order valence-corrected chi connectivity index (χ1v) is 9.14. The summed E-state index contributed by atoms with van der Waals surface area (Å²) in [5, 5.41) is 4.05. The van der Waals surface area contributed by atoms with Crippen LogP contribution in [0.1, 0.15) is 28.1 Å². The summed E-state index contributed by atoms with van der Waals surface area (Å²) < 4.78 is 32.3. The summed E-state index contributed by atoms with van der Waals surface area (Å²) in [6.07, 6.45) is 1.44. The Morgan fingerprint density at radius 1 is 1.07 bits per heavy atom. The molecule has 1 amide bonds. The van der Waals surface area contributed by atoms with Crippen molar-refractivity contribution in [3.8, 4) is 0 Å². The highest BCUT2D eigenvalue weighted by atomic mass is 19.1. The third-order valence-electron chi connectivity index (χ3n) is 4.60. The standard InChI is InChI=1S/C22H18F2N2O3/c23-17-6-1-4-15(10-17)13-26(22(27)21-8-3-9-28-21)14-19-12-20(25-29-19)16-5-2-7-18(24)11-16/h1-11,19H,12-14H2/t19-/m1/s1. The van der Waals surface area contributed by atoms with Gasteiger partial charge in [0.15, 0.2) is 11.9 Å². The Balaban J connectivity index is 1.49. The number of halogens is 2. The fraction of sp³-hybridized carbons (Fsp3) is 0.182. The van der Waals surface area contributed by atoms with Gasteiger partial charge in [-0.15, -0.1) is 0 Å². The van der Waals surface area contributed by atoms with E-state index >= 15 is 0 Å². The number of amides is 1. The van der Waals surface area contributed by atoms with Gasteiger partial charge in [-0.25, -0.2) is 8.78 Å². The maximum absolute atomic E-state index is 13.6. The Morgan fingerprint density at radius 3 is 2.59 bits per heavy atom. The molecule has 2 aromatic carbocycles. The molecule has 0 fully saturated rings. The molecule has 148 valence electrons. The van der Waals surface area contributed by atoms with Crippen LogP contribution < -0.4 is 0 Å². The van der Waals surface area contributed by atoms with E-state index in [2.05, 4.69) is 5.16 Å². The van der Waals surface area contributed by atoms with Gasteiger partial charge in [0.2, 0.25) is 0 Å². The van der Waals surface area contributed by atoms with E-state index in [1.807, 2.05) is 0 Å². The number of rotatable bonds is 6. The lowest BCUT2D eigenvalue weighted by atomic mass is 10.0. The van der Waals surface area contributed by atoms with Crippen LogP contribution >= 0.6 is 0 Å². The lowest BCUT2D eigenvalue weighted by molar-refractivity contribution is 0.0387. The quantitative estimate of drug-likeness (QED) is 0.621. The number of furan rings is 1. The van der Waals surface area contributed by atoms with Gasteiger partial charge >= 0.3 is 0 Å². The van der Waals surface area contributed by atoms with Crippen LogP contribution in [-0.4, -0.2) is 29.2 Å². The van der Waals surface area contributed by atoms with E-state index in [0.29, 0.717) is 23.3 Å². The van der Waals surface area contributed by atoms with Crippen molar-refractivity contribution in [1.29, 1.82) is 0 Å². The highest BCUT2D eigenvalue weighted by Crippen LogP contribution is 2.20.